The van der Waals surface area contributed by atoms with Crippen LogP contribution in [0.1, 0.15) is 24.0 Å². The van der Waals surface area contributed by atoms with E-state index in [2.05, 4.69) is 22.9 Å². The van der Waals surface area contributed by atoms with Crippen molar-refractivity contribution in [1.82, 2.24) is 20.0 Å². The van der Waals surface area contributed by atoms with E-state index in [-0.39, 0.29) is 60.2 Å². The lowest BCUT2D eigenvalue weighted by atomic mass is 10.1. The zero-order valence-corrected chi connectivity index (χ0v) is 26.2. The van der Waals surface area contributed by atoms with Crippen molar-refractivity contribution >= 4 is 48.1 Å². The Morgan fingerprint density at radius 3 is 2.04 bits per heavy atom. The summed E-state index contributed by atoms with van der Waals surface area (Å²) in [5, 5.41) is 24.7. The molecule has 4 rings (SSSR count). The van der Waals surface area contributed by atoms with Crippen LogP contribution in [0.4, 0.5) is 21.0 Å². The quantitative estimate of drug-likeness (QED) is 0.132. The standard InChI is InChI=1S/C29H35N7O9S/c1-30-27(31-28(38)44-17-19-3-7-22(8-4-19)35(40)41)34(29(39)45-18-20-5-9-23(10-6-20)36(42)43)15-21-11-12-33(14-21)26(37)25-13-24(46)16-32(25)2/h3-10,21,24-25,46H,11-18H2,1-2H3,(H,30,31,38)/t21-,24+,25+/m1/s1. The van der Waals surface area contributed by atoms with Crippen LogP contribution in [0.25, 0.3) is 0 Å². The number of non-ortho nitro benzene ring substituents is 2. The molecular weight excluding hydrogens is 622 g/mol. The van der Waals surface area contributed by atoms with E-state index in [4.69, 9.17) is 9.47 Å². The number of likely N-dealkylation sites (tertiary alicyclic amines) is 2. The zero-order chi connectivity index (χ0) is 33.4. The summed E-state index contributed by atoms with van der Waals surface area (Å²) in [5.41, 5.74) is 0.780. The van der Waals surface area contributed by atoms with E-state index in [0.717, 1.165) is 4.90 Å². The van der Waals surface area contributed by atoms with Gasteiger partial charge in [-0.3, -0.25) is 29.9 Å². The number of carbonyl (C=O) groups excluding carboxylic acids is 3. The molecule has 2 aromatic carbocycles. The molecule has 0 saturated carbocycles. The molecule has 0 radical (unpaired) electrons. The molecule has 1 N–H and O–H groups in total. The van der Waals surface area contributed by atoms with Gasteiger partial charge in [-0.05, 0) is 61.2 Å². The van der Waals surface area contributed by atoms with Gasteiger partial charge in [0.25, 0.3) is 11.4 Å². The molecule has 246 valence electrons. The normalized spacial score (nSPS) is 19.8. The van der Waals surface area contributed by atoms with Gasteiger partial charge in [-0.15, -0.1) is 4.99 Å². The maximum Gasteiger partial charge on any atom is 0.437 e. The number of aliphatic imine (C=N–C) groups is 1. The van der Waals surface area contributed by atoms with Gasteiger partial charge < -0.3 is 19.7 Å². The van der Waals surface area contributed by atoms with Crippen LogP contribution in [-0.4, -0.2) is 100 Å². The van der Waals surface area contributed by atoms with E-state index >= 15 is 0 Å². The van der Waals surface area contributed by atoms with Crippen LogP contribution < -0.4 is 5.32 Å². The average molecular weight is 658 g/mol. The third kappa shape index (κ3) is 8.91. The molecule has 2 aliphatic rings. The first kappa shape index (κ1) is 34.1. The van der Waals surface area contributed by atoms with Crippen LogP contribution in [0.2, 0.25) is 0 Å². The minimum absolute atomic E-state index is 0.00572. The maximum absolute atomic E-state index is 13.4. The second kappa shape index (κ2) is 15.5. The smallest absolute Gasteiger partial charge is 0.437 e. The van der Waals surface area contributed by atoms with Gasteiger partial charge in [0, 0.05) is 62.7 Å². The molecule has 2 aromatic rings. The van der Waals surface area contributed by atoms with Crippen LogP contribution in [0.5, 0.6) is 0 Å². The molecule has 3 atom stereocenters. The molecule has 3 amide bonds. The van der Waals surface area contributed by atoms with E-state index in [1.54, 1.807) is 4.90 Å². The number of guanidine groups is 1. The largest absolute Gasteiger partial charge is 0.444 e. The molecule has 0 spiro atoms. The Morgan fingerprint density at radius 1 is 0.978 bits per heavy atom. The molecule has 17 heteroatoms. The van der Waals surface area contributed by atoms with E-state index in [0.29, 0.717) is 43.6 Å². The van der Waals surface area contributed by atoms with Crippen molar-refractivity contribution in [3.8, 4) is 0 Å². The monoisotopic (exact) mass is 657 g/mol. The summed E-state index contributed by atoms with van der Waals surface area (Å²) in [6.45, 7) is 1.24. The first-order valence-corrected chi connectivity index (χ1v) is 15.0. The Labute approximate surface area is 270 Å². The van der Waals surface area contributed by atoms with Crippen molar-refractivity contribution in [3.05, 3.63) is 79.9 Å². The van der Waals surface area contributed by atoms with Crippen LogP contribution in [0.15, 0.2) is 53.5 Å². The molecule has 0 aliphatic carbocycles. The lowest BCUT2D eigenvalue weighted by Gasteiger charge is -2.27. The van der Waals surface area contributed by atoms with Gasteiger partial charge in [0.15, 0.2) is 0 Å². The second-order valence-corrected chi connectivity index (χ2v) is 11.8. The number of nitro benzene ring substituents is 2. The first-order chi connectivity index (χ1) is 21.9. The fourth-order valence-electron chi connectivity index (χ4n) is 5.33. The Hall–Kier alpha value is -4.77. The van der Waals surface area contributed by atoms with Gasteiger partial charge in [0.05, 0.1) is 15.9 Å². The molecule has 46 heavy (non-hydrogen) atoms. The van der Waals surface area contributed by atoms with E-state index in [1.807, 2.05) is 11.9 Å². The number of thiol groups is 1. The first-order valence-electron chi connectivity index (χ1n) is 14.5. The third-order valence-corrected chi connectivity index (χ3v) is 8.14. The highest BCUT2D eigenvalue weighted by molar-refractivity contribution is 7.81. The molecule has 16 nitrogen and oxygen atoms in total. The lowest BCUT2D eigenvalue weighted by Crippen LogP contribution is -2.47. The number of benzene rings is 2. The molecule has 2 saturated heterocycles. The Balaban J connectivity index is 1.45. The van der Waals surface area contributed by atoms with E-state index in [9.17, 15) is 34.6 Å². The number of nitrogens with one attached hydrogen (secondary N) is 1. The number of ether oxygens (including phenoxy) is 2. The van der Waals surface area contributed by atoms with Crippen LogP contribution in [-0.2, 0) is 27.5 Å². The predicted molar refractivity (Wildman–Crippen MR) is 168 cm³/mol. The highest BCUT2D eigenvalue weighted by Crippen LogP contribution is 2.26. The average Bonchev–Trinajstić information content (AvgIpc) is 3.65. The molecular formula is C29H35N7O9S. The van der Waals surface area contributed by atoms with Gasteiger partial charge in [0.2, 0.25) is 11.9 Å². The Kier molecular flexibility index (Phi) is 11.5. The summed E-state index contributed by atoms with van der Waals surface area (Å²) >= 11 is 4.52. The summed E-state index contributed by atoms with van der Waals surface area (Å²) in [5.74, 6) is -0.309. The number of hydrogen-bond acceptors (Lipinski definition) is 11. The Morgan fingerprint density at radius 2 is 1.54 bits per heavy atom. The fourth-order valence-corrected chi connectivity index (χ4v) is 5.78. The van der Waals surface area contributed by atoms with Gasteiger partial charge >= 0.3 is 12.2 Å². The predicted octanol–water partition coefficient (Wildman–Crippen LogP) is 3.20. The minimum atomic E-state index is -1.02. The van der Waals surface area contributed by atoms with Crippen LogP contribution in [0, 0.1) is 26.1 Å². The number of rotatable bonds is 9. The zero-order valence-electron chi connectivity index (χ0n) is 25.3. The SMILES string of the molecule is CNC(=NC(=O)OCc1ccc([N+](=O)[O-])cc1)N(C[C@@H]1CCN(C(=O)[C@@H]2C[C@H](S)CN2C)C1)C(=O)OCc1ccc([N+](=O)[O-])cc1. The maximum atomic E-state index is 13.4. The number of amides is 3. The third-order valence-electron chi connectivity index (χ3n) is 7.77. The molecule has 0 bridgehead atoms. The van der Waals surface area contributed by atoms with Gasteiger partial charge in [0.1, 0.15) is 13.2 Å². The van der Waals surface area contributed by atoms with Crippen LogP contribution >= 0.6 is 12.6 Å². The van der Waals surface area contributed by atoms with Gasteiger partial charge in [-0.1, -0.05) is 0 Å². The summed E-state index contributed by atoms with van der Waals surface area (Å²) in [4.78, 5) is 68.9. The van der Waals surface area contributed by atoms with Crippen molar-refractivity contribution < 1.29 is 33.7 Å². The lowest BCUT2D eigenvalue weighted by molar-refractivity contribution is -0.385. The van der Waals surface area contributed by atoms with Crippen molar-refractivity contribution in [2.24, 2.45) is 10.9 Å². The van der Waals surface area contributed by atoms with Crippen molar-refractivity contribution in [2.75, 3.05) is 40.3 Å². The number of hydrogen-bond donors (Lipinski definition) is 2. The highest BCUT2D eigenvalue weighted by atomic mass is 32.1. The number of nitro groups is 2. The molecule has 2 aliphatic heterocycles. The van der Waals surface area contributed by atoms with Crippen molar-refractivity contribution in [2.45, 2.75) is 37.3 Å². The summed E-state index contributed by atoms with van der Waals surface area (Å²) in [6, 6.07) is 10.7. The van der Waals surface area contributed by atoms with Crippen molar-refractivity contribution in [3.63, 3.8) is 0 Å². The molecule has 0 aromatic heterocycles. The van der Waals surface area contributed by atoms with Crippen molar-refractivity contribution in [1.29, 1.82) is 0 Å². The minimum Gasteiger partial charge on any atom is -0.444 e. The summed E-state index contributed by atoms with van der Waals surface area (Å²) < 4.78 is 10.7. The number of likely N-dealkylation sites (N-methyl/N-ethyl adjacent to an activating group) is 1. The van der Waals surface area contributed by atoms with E-state index in [1.165, 1.54) is 55.6 Å². The topological polar surface area (TPSA) is 190 Å². The Bertz CT molecular complexity index is 1470. The van der Waals surface area contributed by atoms with E-state index < -0.39 is 22.0 Å². The second-order valence-electron chi connectivity index (χ2n) is 11.0. The highest BCUT2D eigenvalue weighted by Gasteiger charge is 2.39. The molecule has 0 unspecified atom stereocenters. The summed E-state index contributed by atoms with van der Waals surface area (Å²) in [7, 11) is 3.36. The fraction of sp³-hybridized carbons (Fsp3) is 0.448. The summed E-state index contributed by atoms with van der Waals surface area (Å²) in [6.07, 6.45) is -0.614. The number of carbonyl (C=O) groups is 3. The molecule has 2 heterocycles. The van der Waals surface area contributed by atoms with Gasteiger partial charge in [-0.25, -0.2) is 14.5 Å². The number of nitrogens with zero attached hydrogens (tertiary/aromatic N) is 6. The van der Waals surface area contributed by atoms with Gasteiger partial charge in [-0.2, -0.15) is 12.6 Å². The molecule has 2 fully saturated rings. The van der Waals surface area contributed by atoms with Crippen LogP contribution in [0.3, 0.4) is 0 Å².